The van der Waals surface area contributed by atoms with Crippen molar-refractivity contribution in [1.29, 1.82) is 0 Å². The molecule has 2 aromatic rings. The van der Waals surface area contributed by atoms with Gasteiger partial charge in [0.25, 0.3) is 5.91 Å². The van der Waals surface area contributed by atoms with E-state index >= 15 is 0 Å². The number of piperazine rings is 1. The Morgan fingerprint density at radius 3 is 2.70 bits per heavy atom. The van der Waals surface area contributed by atoms with Gasteiger partial charge >= 0.3 is 0 Å². The van der Waals surface area contributed by atoms with Gasteiger partial charge < -0.3 is 10.2 Å². The third-order valence-electron chi connectivity index (χ3n) is 3.53. The normalized spacial score (nSPS) is 15.7. The van der Waals surface area contributed by atoms with Crippen molar-refractivity contribution in [3.8, 4) is 0 Å². The Morgan fingerprint density at radius 1 is 1.22 bits per heavy atom. The molecule has 2 N–H and O–H groups in total. The number of nitrogens with zero attached hydrogens (tertiary/aromatic N) is 1. The molecule has 2 aromatic heterocycles. The van der Waals surface area contributed by atoms with Crippen molar-refractivity contribution in [2.75, 3.05) is 26.2 Å². The highest BCUT2D eigenvalue weighted by Crippen LogP contribution is 2.24. The summed E-state index contributed by atoms with van der Waals surface area (Å²) in [6.45, 7) is 2.89. The van der Waals surface area contributed by atoms with Crippen LogP contribution in [0.25, 0.3) is 0 Å². The highest BCUT2D eigenvalue weighted by molar-refractivity contribution is 7.89. The molecule has 9 heteroatoms. The largest absolute Gasteiger partial charge is 0.335 e. The lowest BCUT2D eigenvalue weighted by atomic mass is 10.3. The molecule has 0 unspecified atom stereocenters. The van der Waals surface area contributed by atoms with E-state index < -0.39 is 10.0 Å². The first-order chi connectivity index (χ1) is 11.1. The average Bonchev–Trinajstić information content (AvgIpc) is 3.25. The Balaban J connectivity index is 1.77. The standard InChI is InChI=1S/C14H17N3O3S3/c18-14(17-6-4-15-5-7-17)13-12(3-9-22-13)23(19,20)16-10-11-2-1-8-21-11/h1-3,8-9,15-16H,4-7,10H2. The van der Waals surface area contributed by atoms with Crippen LogP contribution in [0.15, 0.2) is 33.9 Å². The van der Waals surface area contributed by atoms with Gasteiger partial charge in [-0.3, -0.25) is 4.79 Å². The molecule has 0 aromatic carbocycles. The van der Waals surface area contributed by atoms with Crippen LogP contribution in [0.5, 0.6) is 0 Å². The quantitative estimate of drug-likeness (QED) is 0.831. The summed E-state index contributed by atoms with van der Waals surface area (Å²) < 4.78 is 27.6. The molecule has 1 fully saturated rings. The smallest absolute Gasteiger partial charge is 0.265 e. The molecule has 0 radical (unpaired) electrons. The summed E-state index contributed by atoms with van der Waals surface area (Å²) in [4.78, 5) is 15.6. The van der Waals surface area contributed by atoms with Crippen molar-refractivity contribution < 1.29 is 13.2 Å². The molecule has 0 spiro atoms. The van der Waals surface area contributed by atoms with Crippen LogP contribution in [0.2, 0.25) is 0 Å². The zero-order valence-electron chi connectivity index (χ0n) is 12.3. The van der Waals surface area contributed by atoms with Crippen LogP contribution in [0.1, 0.15) is 14.5 Å². The monoisotopic (exact) mass is 371 g/mol. The number of hydrogen-bond acceptors (Lipinski definition) is 6. The molecular formula is C14H17N3O3S3. The SMILES string of the molecule is O=C(c1sccc1S(=O)(=O)NCc1cccs1)N1CCNCC1. The van der Waals surface area contributed by atoms with E-state index in [9.17, 15) is 13.2 Å². The summed E-state index contributed by atoms with van der Waals surface area (Å²) in [5.41, 5.74) is 0. The number of sulfonamides is 1. The Morgan fingerprint density at radius 2 is 2.00 bits per heavy atom. The summed E-state index contributed by atoms with van der Waals surface area (Å²) in [6, 6.07) is 5.24. The highest BCUT2D eigenvalue weighted by atomic mass is 32.2. The summed E-state index contributed by atoms with van der Waals surface area (Å²) in [5, 5.41) is 6.72. The van der Waals surface area contributed by atoms with E-state index in [0.29, 0.717) is 13.1 Å². The second-order valence-corrected chi connectivity index (χ2v) is 8.74. The lowest BCUT2D eigenvalue weighted by Gasteiger charge is -2.27. The van der Waals surface area contributed by atoms with Gasteiger partial charge in [-0.1, -0.05) is 6.07 Å². The number of amides is 1. The second kappa shape index (κ2) is 7.10. The number of carbonyl (C=O) groups is 1. The number of rotatable bonds is 5. The molecule has 1 saturated heterocycles. The predicted molar refractivity (Wildman–Crippen MR) is 91.4 cm³/mol. The minimum Gasteiger partial charge on any atom is -0.335 e. The predicted octanol–water partition coefficient (Wildman–Crippen LogP) is 1.33. The topological polar surface area (TPSA) is 78.5 Å². The van der Waals surface area contributed by atoms with Gasteiger partial charge in [-0.05, 0) is 22.9 Å². The molecule has 1 aliphatic rings. The minimum atomic E-state index is -3.70. The van der Waals surface area contributed by atoms with Crippen LogP contribution in [-0.4, -0.2) is 45.4 Å². The van der Waals surface area contributed by atoms with Gasteiger partial charge in [0.1, 0.15) is 9.77 Å². The minimum absolute atomic E-state index is 0.0718. The fraction of sp³-hybridized carbons (Fsp3) is 0.357. The lowest BCUT2D eigenvalue weighted by molar-refractivity contribution is 0.0737. The van der Waals surface area contributed by atoms with E-state index in [1.165, 1.54) is 28.7 Å². The summed E-state index contributed by atoms with van der Waals surface area (Å²) in [5.74, 6) is -0.210. The van der Waals surface area contributed by atoms with E-state index in [-0.39, 0.29) is 22.2 Å². The third kappa shape index (κ3) is 3.81. The lowest BCUT2D eigenvalue weighted by Crippen LogP contribution is -2.46. The first kappa shape index (κ1) is 16.6. The molecule has 6 nitrogen and oxygen atoms in total. The van der Waals surface area contributed by atoms with Crippen molar-refractivity contribution in [2.45, 2.75) is 11.4 Å². The van der Waals surface area contributed by atoms with Crippen molar-refractivity contribution in [2.24, 2.45) is 0 Å². The Labute approximate surface area is 143 Å². The van der Waals surface area contributed by atoms with Crippen LogP contribution >= 0.6 is 22.7 Å². The Bertz CT molecular complexity index is 762. The molecule has 3 rings (SSSR count). The van der Waals surface area contributed by atoms with Gasteiger partial charge in [0.15, 0.2) is 0 Å². The van der Waals surface area contributed by atoms with Crippen LogP contribution in [0.3, 0.4) is 0 Å². The fourth-order valence-electron chi connectivity index (χ4n) is 2.33. The maximum Gasteiger partial charge on any atom is 0.265 e. The van der Waals surface area contributed by atoms with Gasteiger partial charge in [-0.25, -0.2) is 13.1 Å². The maximum absolute atomic E-state index is 12.6. The van der Waals surface area contributed by atoms with Crippen LogP contribution in [-0.2, 0) is 16.6 Å². The summed E-state index contributed by atoms with van der Waals surface area (Å²) >= 11 is 2.66. The highest BCUT2D eigenvalue weighted by Gasteiger charge is 2.27. The van der Waals surface area contributed by atoms with E-state index in [1.807, 2.05) is 17.5 Å². The third-order valence-corrected chi connectivity index (χ3v) is 6.89. The first-order valence-electron chi connectivity index (χ1n) is 7.17. The number of hydrogen-bond donors (Lipinski definition) is 2. The summed E-state index contributed by atoms with van der Waals surface area (Å²) in [6.07, 6.45) is 0. The Kier molecular flexibility index (Phi) is 5.12. The number of carbonyl (C=O) groups excluding carboxylic acids is 1. The number of thiophene rings is 2. The second-order valence-electron chi connectivity index (χ2n) is 5.06. The van der Waals surface area contributed by atoms with Gasteiger partial charge in [0, 0.05) is 37.6 Å². The molecule has 23 heavy (non-hydrogen) atoms. The maximum atomic E-state index is 12.6. The molecule has 0 atom stereocenters. The van der Waals surface area contributed by atoms with Crippen LogP contribution in [0.4, 0.5) is 0 Å². The summed E-state index contributed by atoms with van der Waals surface area (Å²) in [7, 11) is -3.70. The Hall–Kier alpha value is -1.26. The molecule has 1 aliphatic heterocycles. The van der Waals surface area contributed by atoms with Crippen LogP contribution in [0, 0.1) is 0 Å². The van der Waals surface area contributed by atoms with Gasteiger partial charge in [-0.2, -0.15) is 0 Å². The average molecular weight is 372 g/mol. The molecule has 124 valence electrons. The van der Waals surface area contributed by atoms with Gasteiger partial charge in [0.05, 0.1) is 0 Å². The van der Waals surface area contributed by atoms with Crippen molar-refractivity contribution in [3.05, 3.63) is 38.7 Å². The van der Waals surface area contributed by atoms with Crippen LogP contribution < -0.4 is 10.0 Å². The molecule has 1 amide bonds. The zero-order chi connectivity index (χ0) is 16.3. The van der Waals surface area contributed by atoms with E-state index in [1.54, 1.807) is 10.3 Å². The molecule has 3 heterocycles. The van der Waals surface area contributed by atoms with E-state index in [2.05, 4.69) is 10.0 Å². The molecule has 0 saturated carbocycles. The van der Waals surface area contributed by atoms with Gasteiger partial charge in [-0.15, -0.1) is 22.7 Å². The van der Waals surface area contributed by atoms with Crippen molar-refractivity contribution >= 4 is 38.6 Å². The van der Waals surface area contributed by atoms with E-state index in [4.69, 9.17) is 0 Å². The van der Waals surface area contributed by atoms with Crippen molar-refractivity contribution in [1.82, 2.24) is 14.9 Å². The molecule has 0 bridgehead atoms. The molecular weight excluding hydrogens is 354 g/mol. The number of nitrogens with one attached hydrogen (secondary N) is 2. The zero-order valence-corrected chi connectivity index (χ0v) is 14.8. The van der Waals surface area contributed by atoms with E-state index in [0.717, 1.165) is 18.0 Å². The van der Waals surface area contributed by atoms with Gasteiger partial charge in [0.2, 0.25) is 10.0 Å². The van der Waals surface area contributed by atoms with Crippen molar-refractivity contribution in [3.63, 3.8) is 0 Å². The molecule has 0 aliphatic carbocycles. The fourth-order valence-corrected chi connectivity index (χ4v) is 5.46. The first-order valence-corrected chi connectivity index (χ1v) is 10.4.